The first-order valence-electron chi connectivity index (χ1n) is 7.75. The van der Waals surface area contributed by atoms with E-state index in [0.29, 0.717) is 11.9 Å². The van der Waals surface area contributed by atoms with E-state index in [1.165, 1.54) is 17.0 Å². The summed E-state index contributed by atoms with van der Waals surface area (Å²) in [6.07, 6.45) is 2.38. The number of nitrogens with two attached hydrogens (primary N) is 1. The fraction of sp³-hybridized carbons (Fsp3) is 0.250. The first-order chi connectivity index (χ1) is 11.9. The third kappa shape index (κ3) is 2.99. The maximum absolute atomic E-state index is 12.9. The zero-order valence-corrected chi connectivity index (χ0v) is 14.9. The Morgan fingerprint density at radius 1 is 1.28 bits per heavy atom. The van der Waals surface area contributed by atoms with Crippen LogP contribution < -0.4 is 16.0 Å². The molecule has 3 aromatic rings. The molecule has 2 aromatic heterocycles. The quantitative estimate of drug-likeness (QED) is 0.703. The van der Waals surface area contributed by atoms with Gasteiger partial charge in [-0.1, -0.05) is 12.1 Å². The number of fused-ring (bicyclic) bond motifs is 3. The van der Waals surface area contributed by atoms with E-state index in [1.807, 2.05) is 0 Å². The van der Waals surface area contributed by atoms with Gasteiger partial charge in [-0.2, -0.15) is 0 Å². The van der Waals surface area contributed by atoms with E-state index in [0.717, 1.165) is 35.5 Å². The van der Waals surface area contributed by atoms with Crippen molar-refractivity contribution in [2.45, 2.75) is 24.4 Å². The van der Waals surface area contributed by atoms with Gasteiger partial charge in [-0.15, -0.1) is 11.3 Å². The van der Waals surface area contributed by atoms with Gasteiger partial charge < -0.3 is 5.32 Å². The lowest BCUT2D eigenvalue weighted by atomic mass is 10.1. The summed E-state index contributed by atoms with van der Waals surface area (Å²) in [4.78, 5) is 19.3. The molecule has 3 N–H and O–H groups in total. The Morgan fingerprint density at radius 3 is 2.76 bits per heavy atom. The molecule has 7 nitrogen and oxygen atoms in total. The van der Waals surface area contributed by atoms with Gasteiger partial charge in [0, 0.05) is 11.4 Å². The molecular weight excluding hydrogens is 360 g/mol. The van der Waals surface area contributed by atoms with Gasteiger partial charge in [-0.25, -0.2) is 18.5 Å². The number of rotatable bonds is 3. The second kappa shape index (κ2) is 6.03. The van der Waals surface area contributed by atoms with Crippen LogP contribution in [-0.2, 0) is 29.5 Å². The van der Waals surface area contributed by atoms with Gasteiger partial charge in [0.25, 0.3) is 5.56 Å². The molecule has 3 heterocycles. The summed E-state index contributed by atoms with van der Waals surface area (Å²) in [7, 11) is -3.72. The van der Waals surface area contributed by atoms with Gasteiger partial charge in [0.1, 0.15) is 4.83 Å². The van der Waals surface area contributed by atoms with Crippen LogP contribution in [0.25, 0.3) is 10.2 Å². The zero-order chi connectivity index (χ0) is 17.6. The van der Waals surface area contributed by atoms with Crippen LogP contribution in [0.15, 0.2) is 40.3 Å². The molecule has 25 heavy (non-hydrogen) atoms. The molecule has 1 aliphatic heterocycles. The van der Waals surface area contributed by atoms with Crippen LogP contribution in [0.2, 0.25) is 0 Å². The molecule has 0 aliphatic carbocycles. The van der Waals surface area contributed by atoms with E-state index in [-0.39, 0.29) is 10.5 Å². The van der Waals surface area contributed by atoms with Crippen molar-refractivity contribution in [3.05, 3.63) is 57.0 Å². The largest absolute Gasteiger partial charge is 0.312 e. The second-order valence-corrected chi connectivity index (χ2v) is 8.62. The topological polar surface area (TPSA) is 107 Å². The van der Waals surface area contributed by atoms with Crippen molar-refractivity contribution in [1.82, 2.24) is 14.9 Å². The minimum Gasteiger partial charge on any atom is -0.312 e. The third-order valence-corrected chi connectivity index (χ3v) is 6.37. The first-order valence-corrected chi connectivity index (χ1v) is 10.1. The molecule has 0 bridgehead atoms. The molecular formula is C16H16N4O3S2. The summed E-state index contributed by atoms with van der Waals surface area (Å²) in [5, 5.41) is 9.12. The summed E-state index contributed by atoms with van der Waals surface area (Å²) in [5.74, 6) is 0. The molecule has 130 valence electrons. The van der Waals surface area contributed by atoms with Crippen molar-refractivity contribution in [2.24, 2.45) is 5.14 Å². The lowest BCUT2D eigenvalue weighted by Gasteiger charge is -2.12. The Kier molecular flexibility index (Phi) is 3.95. The molecule has 0 fully saturated rings. The van der Waals surface area contributed by atoms with E-state index < -0.39 is 10.0 Å². The number of primary sulfonamides is 1. The van der Waals surface area contributed by atoms with Gasteiger partial charge in [0.15, 0.2) is 0 Å². The SMILES string of the molecule is NS(=O)(=O)c1ccc(Cn2cnc3sc4c(c3c2=O)CCNC4)cc1. The second-order valence-electron chi connectivity index (χ2n) is 5.98. The molecule has 0 saturated carbocycles. The van der Waals surface area contributed by atoms with Crippen LogP contribution in [0, 0.1) is 0 Å². The van der Waals surface area contributed by atoms with E-state index in [1.54, 1.807) is 34.4 Å². The van der Waals surface area contributed by atoms with Crippen LogP contribution in [0.5, 0.6) is 0 Å². The molecule has 4 rings (SSSR count). The number of sulfonamides is 1. The number of benzene rings is 1. The molecule has 0 spiro atoms. The van der Waals surface area contributed by atoms with Crippen LogP contribution in [0.1, 0.15) is 16.0 Å². The van der Waals surface area contributed by atoms with Gasteiger partial charge in [0.05, 0.1) is 23.2 Å². The van der Waals surface area contributed by atoms with Crippen molar-refractivity contribution >= 4 is 31.6 Å². The third-order valence-electron chi connectivity index (χ3n) is 4.30. The van der Waals surface area contributed by atoms with Gasteiger partial charge in [-0.05, 0) is 36.2 Å². The fourth-order valence-corrected chi connectivity index (χ4v) is 4.71. The Labute approximate surface area is 148 Å². The summed E-state index contributed by atoms with van der Waals surface area (Å²) in [6, 6.07) is 6.20. The normalized spacial score (nSPS) is 14.6. The van der Waals surface area contributed by atoms with Crippen molar-refractivity contribution in [3.8, 4) is 0 Å². The number of thiophene rings is 1. The van der Waals surface area contributed by atoms with Crippen molar-refractivity contribution < 1.29 is 8.42 Å². The average molecular weight is 376 g/mol. The van der Waals surface area contributed by atoms with Gasteiger partial charge in [0.2, 0.25) is 10.0 Å². The molecule has 9 heteroatoms. The summed E-state index contributed by atoms with van der Waals surface area (Å²) in [5.41, 5.74) is 1.86. The Hall–Kier alpha value is -2.07. The highest BCUT2D eigenvalue weighted by atomic mass is 32.2. The van der Waals surface area contributed by atoms with E-state index in [4.69, 9.17) is 5.14 Å². The summed E-state index contributed by atoms with van der Waals surface area (Å²) < 4.78 is 24.2. The maximum Gasteiger partial charge on any atom is 0.262 e. The highest BCUT2D eigenvalue weighted by Crippen LogP contribution is 2.29. The number of aromatic nitrogens is 2. The minimum absolute atomic E-state index is 0.0524. The monoisotopic (exact) mass is 376 g/mol. The van der Waals surface area contributed by atoms with E-state index in [2.05, 4.69) is 10.3 Å². The van der Waals surface area contributed by atoms with Crippen LogP contribution in [0.3, 0.4) is 0 Å². The van der Waals surface area contributed by atoms with Crippen molar-refractivity contribution in [3.63, 3.8) is 0 Å². The molecule has 0 saturated heterocycles. The average Bonchev–Trinajstić information content (AvgIpc) is 2.96. The van der Waals surface area contributed by atoms with Gasteiger partial charge >= 0.3 is 0 Å². The van der Waals surface area contributed by atoms with E-state index in [9.17, 15) is 13.2 Å². The Bertz CT molecular complexity index is 1110. The number of nitrogens with one attached hydrogen (secondary N) is 1. The predicted octanol–water partition coefficient (Wildman–Crippen LogP) is 0.799. The number of hydrogen-bond acceptors (Lipinski definition) is 6. The smallest absolute Gasteiger partial charge is 0.262 e. The fourth-order valence-electron chi connectivity index (χ4n) is 3.04. The van der Waals surface area contributed by atoms with E-state index >= 15 is 0 Å². The van der Waals surface area contributed by atoms with Crippen LogP contribution in [0.4, 0.5) is 0 Å². The van der Waals surface area contributed by atoms with Crippen molar-refractivity contribution in [1.29, 1.82) is 0 Å². The highest BCUT2D eigenvalue weighted by Gasteiger charge is 2.19. The lowest BCUT2D eigenvalue weighted by Crippen LogP contribution is -2.25. The molecule has 1 aliphatic rings. The lowest BCUT2D eigenvalue weighted by molar-refractivity contribution is 0.597. The predicted molar refractivity (Wildman–Crippen MR) is 96.2 cm³/mol. The van der Waals surface area contributed by atoms with Crippen LogP contribution in [-0.4, -0.2) is 24.5 Å². The zero-order valence-electron chi connectivity index (χ0n) is 13.2. The molecule has 0 unspecified atom stereocenters. The Morgan fingerprint density at radius 2 is 2.04 bits per heavy atom. The molecule has 0 atom stereocenters. The standard InChI is InChI=1S/C16H16N4O3S2/c17-25(22,23)11-3-1-10(2-4-11)8-20-9-19-15-14(16(20)21)12-5-6-18-7-13(12)24-15/h1-4,9,18H,5-8H2,(H2,17,22,23). The van der Waals surface area contributed by atoms with Crippen molar-refractivity contribution in [2.75, 3.05) is 6.54 Å². The number of hydrogen-bond donors (Lipinski definition) is 2. The Balaban J connectivity index is 1.72. The maximum atomic E-state index is 12.9. The molecule has 0 radical (unpaired) electrons. The highest BCUT2D eigenvalue weighted by molar-refractivity contribution is 7.89. The first kappa shape index (κ1) is 16.4. The van der Waals surface area contributed by atoms with Crippen LogP contribution >= 0.6 is 11.3 Å². The van der Waals surface area contributed by atoms with Gasteiger partial charge in [-0.3, -0.25) is 9.36 Å². The minimum atomic E-state index is -3.72. The summed E-state index contributed by atoms with van der Waals surface area (Å²) in [6.45, 7) is 1.97. The summed E-state index contributed by atoms with van der Waals surface area (Å²) >= 11 is 1.57. The number of nitrogens with zero attached hydrogens (tertiary/aromatic N) is 2. The molecule has 0 amide bonds. The molecule has 1 aromatic carbocycles.